The molecule has 0 aliphatic rings. The first-order chi connectivity index (χ1) is 10.7. The number of unbranched alkanes of at least 4 members (excludes halogenated alkanes) is 2. The van der Waals surface area contributed by atoms with Crippen molar-refractivity contribution in [1.29, 1.82) is 0 Å². The Morgan fingerprint density at radius 3 is 2.91 bits per heavy atom. The van der Waals surface area contributed by atoms with Crippen LogP contribution >= 0.6 is 11.3 Å². The number of rotatable bonds is 8. The zero-order valence-electron chi connectivity index (χ0n) is 12.8. The summed E-state index contributed by atoms with van der Waals surface area (Å²) >= 11 is 1.41. The van der Waals surface area contributed by atoms with E-state index in [1.807, 2.05) is 5.38 Å². The topological polar surface area (TPSA) is 42.0 Å². The van der Waals surface area contributed by atoms with Gasteiger partial charge in [-0.05, 0) is 25.0 Å². The van der Waals surface area contributed by atoms with Crippen LogP contribution in [-0.4, -0.2) is 17.4 Å². The van der Waals surface area contributed by atoms with Crippen LogP contribution in [0.25, 0.3) is 10.6 Å². The maximum absolute atomic E-state index is 13.7. The third-order valence-electron chi connectivity index (χ3n) is 3.37. The van der Waals surface area contributed by atoms with Crippen LogP contribution in [0.1, 0.15) is 38.3 Å². The van der Waals surface area contributed by atoms with E-state index in [1.165, 1.54) is 17.4 Å². The molecule has 5 heteroatoms. The van der Waals surface area contributed by atoms with Crippen LogP contribution in [-0.2, 0) is 11.2 Å². The zero-order chi connectivity index (χ0) is 15.8. The van der Waals surface area contributed by atoms with Gasteiger partial charge in [0.15, 0.2) is 0 Å². The number of thiazole rings is 1. The maximum Gasteiger partial charge on any atom is 0.220 e. The molecular weight excluding hydrogens is 299 g/mol. The summed E-state index contributed by atoms with van der Waals surface area (Å²) in [5.74, 6) is -0.214. The van der Waals surface area contributed by atoms with Gasteiger partial charge < -0.3 is 5.32 Å². The van der Waals surface area contributed by atoms with E-state index in [9.17, 15) is 9.18 Å². The van der Waals surface area contributed by atoms with E-state index in [4.69, 9.17) is 0 Å². The monoisotopic (exact) mass is 320 g/mol. The number of hydrogen-bond donors (Lipinski definition) is 1. The summed E-state index contributed by atoms with van der Waals surface area (Å²) in [5.41, 5.74) is 1.36. The maximum atomic E-state index is 13.7. The van der Waals surface area contributed by atoms with E-state index in [-0.39, 0.29) is 11.7 Å². The van der Waals surface area contributed by atoms with Gasteiger partial charge in [0.2, 0.25) is 5.91 Å². The Balaban J connectivity index is 1.83. The van der Waals surface area contributed by atoms with Crippen LogP contribution in [0.15, 0.2) is 29.6 Å². The Morgan fingerprint density at radius 2 is 2.14 bits per heavy atom. The summed E-state index contributed by atoms with van der Waals surface area (Å²) in [6, 6.07) is 6.61. The second-order valence-corrected chi connectivity index (χ2v) is 6.04. The average Bonchev–Trinajstić information content (AvgIpc) is 2.99. The summed E-state index contributed by atoms with van der Waals surface area (Å²) in [4.78, 5) is 16.1. The van der Waals surface area contributed by atoms with Crippen molar-refractivity contribution < 1.29 is 9.18 Å². The highest BCUT2D eigenvalue weighted by Gasteiger charge is 2.10. The lowest BCUT2D eigenvalue weighted by Gasteiger charge is -2.03. The second-order valence-electron chi connectivity index (χ2n) is 5.18. The highest BCUT2D eigenvalue weighted by atomic mass is 32.1. The van der Waals surface area contributed by atoms with Crippen molar-refractivity contribution in [1.82, 2.24) is 10.3 Å². The van der Waals surface area contributed by atoms with E-state index >= 15 is 0 Å². The lowest BCUT2D eigenvalue weighted by atomic mass is 10.2. The number of carbonyl (C=O) groups is 1. The molecule has 0 aliphatic carbocycles. The molecule has 0 aliphatic heterocycles. The van der Waals surface area contributed by atoms with Crippen LogP contribution in [0, 0.1) is 5.82 Å². The number of hydrogen-bond acceptors (Lipinski definition) is 3. The van der Waals surface area contributed by atoms with Gasteiger partial charge >= 0.3 is 0 Å². The smallest absolute Gasteiger partial charge is 0.220 e. The number of aryl methyl sites for hydroxylation is 1. The zero-order valence-corrected chi connectivity index (χ0v) is 13.6. The summed E-state index contributed by atoms with van der Waals surface area (Å²) in [7, 11) is 0. The Hall–Kier alpha value is -1.75. The molecule has 2 rings (SSSR count). The number of aromatic nitrogens is 1. The number of carbonyl (C=O) groups excluding carboxylic acids is 1. The average molecular weight is 320 g/mol. The molecule has 1 heterocycles. The van der Waals surface area contributed by atoms with Gasteiger partial charge in [-0.2, -0.15) is 0 Å². The number of benzene rings is 1. The number of nitrogens with one attached hydrogen (secondary N) is 1. The summed E-state index contributed by atoms with van der Waals surface area (Å²) < 4.78 is 13.7. The predicted octanol–water partition coefficient (Wildman–Crippen LogP) is 4.19. The molecule has 0 spiro atoms. The second kappa shape index (κ2) is 8.63. The van der Waals surface area contributed by atoms with E-state index in [0.717, 1.165) is 31.5 Å². The first kappa shape index (κ1) is 16.6. The van der Waals surface area contributed by atoms with Crippen molar-refractivity contribution in [2.45, 2.75) is 39.0 Å². The van der Waals surface area contributed by atoms with Gasteiger partial charge in [-0.1, -0.05) is 31.9 Å². The van der Waals surface area contributed by atoms with Crippen molar-refractivity contribution in [3.05, 3.63) is 41.2 Å². The van der Waals surface area contributed by atoms with Crippen molar-refractivity contribution >= 4 is 17.2 Å². The predicted molar refractivity (Wildman–Crippen MR) is 88.4 cm³/mol. The number of amides is 1. The largest absolute Gasteiger partial charge is 0.356 e. The van der Waals surface area contributed by atoms with Crippen molar-refractivity contribution in [2.75, 3.05) is 6.54 Å². The van der Waals surface area contributed by atoms with Crippen molar-refractivity contribution in [3.63, 3.8) is 0 Å². The molecule has 0 unspecified atom stereocenters. The molecule has 1 amide bonds. The molecule has 0 saturated heterocycles. The highest BCUT2D eigenvalue weighted by Crippen LogP contribution is 2.26. The van der Waals surface area contributed by atoms with Gasteiger partial charge in [0.05, 0.1) is 5.69 Å². The van der Waals surface area contributed by atoms with E-state index in [1.54, 1.807) is 18.2 Å². The molecule has 0 radical (unpaired) electrons. The summed E-state index contributed by atoms with van der Waals surface area (Å²) in [6.07, 6.45) is 4.32. The fourth-order valence-electron chi connectivity index (χ4n) is 2.11. The quantitative estimate of drug-likeness (QED) is 0.741. The molecule has 118 valence electrons. The third-order valence-corrected chi connectivity index (χ3v) is 4.29. The van der Waals surface area contributed by atoms with Gasteiger partial charge in [-0.15, -0.1) is 11.3 Å². The number of halogens is 1. The fraction of sp³-hybridized carbons (Fsp3) is 0.412. The van der Waals surface area contributed by atoms with Gasteiger partial charge in [0.1, 0.15) is 10.8 Å². The Kier molecular flexibility index (Phi) is 6.52. The standard InChI is InChI=1S/C17H21FN2OS/c1-2-3-6-11-19-16(21)10-9-13-12-22-17(20-13)14-7-4-5-8-15(14)18/h4-5,7-8,12H,2-3,6,9-11H2,1H3,(H,19,21). The SMILES string of the molecule is CCCCCNC(=O)CCc1csc(-c2ccccc2F)n1. The first-order valence-electron chi connectivity index (χ1n) is 7.66. The molecule has 0 atom stereocenters. The van der Waals surface area contributed by atoms with Crippen LogP contribution in [0.3, 0.4) is 0 Å². The molecule has 1 N–H and O–H groups in total. The molecular formula is C17H21FN2OS. The third kappa shape index (κ3) is 4.91. The van der Waals surface area contributed by atoms with Gasteiger partial charge in [-0.25, -0.2) is 9.37 Å². The summed E-state index contributed by atoms with van der Waals surface area (Å²) in [5, 5.41) is 5.47. The molecule has 2 aromatic rings. The van der Waals surface area contributed by atoms with Gasteiger partial charge in [0, 0.05) is 23.9 Å². The van der Waals surface area contributed by atoms with Crippen molar-refractivity contribution in [3.8, 4) is 10.6 Å². The molecule has 0 bridgehead atoms. The van der Waals surface area contributed by atoms with Gasteiger partial charge in [-0.3, -0.25) is 4.79 Å². The van der Waals surface area contributed by atoms with E-state index in [2.05, 4.69) is 17.2 Å². The van der Waals surface area contributed by atoms with Crippen LogP contribution in [0.2, 0.25) is 0 Å². The minimum Gasteiger partial charge on any atom is -0.356 e. The minimum atomic E-state index is -0.267. The van der Waals surface area contributed by atoms with Gasteiger partial charge in [0.25, 0.3) is 0 Å². The lowest BCUT2D eigenvalue weighted by molar-refractivity contribution is -0.121. The fourth-order valence-corrected chi connectivity index (χ4v) is 2.99. The molecule has 0 saturated carbocycles. The first-order valence-corrected chi connectivity index (χ1v) is 8.54. The lowest BCUT2D eigenvalue weighted by Crippen LogP contribution is -2.24. The Bertz CT molecular complexity index is 612. The van der Waals surface area contributed by atoms with Crippen molar-refractivity contribution in [2.24, 2.45) is 0 Å². The van der Waals surface area contributed by atoms with Crippen LogP contribution in [0.4, 0.5) is 4.39 Å². The minimum absolute atomic E-state index is 0.0524. The molecule has 1 aromatic heterocycles. The van der Waals surface area contributed by atoms with E-state index in [0.29, 0.717) is 23.4 Å². The van der Waals surface area contributed by atoms with Crippen LogP contribution in [0.5, 0.6) is 0 Å². The normalized spacial score (nSPS) is 10.6. The molecule has 1 aromatic carbocycles. The Labute approximate surface area is 134 Å². The molecule has 0 fully saturated rings. The number of nitrogens with zero attached hydrogens (tertiary/aromatic N) is 1. The molecule has 22 heavy (non-hydrogen) atoms. The summed E-state index contributed by atoms with van der Waals surface area (Å²) in [6.45, 7) is 2.88. The van der Waals surface area contributed by atoms with E-state index < -0.39 is 0 Å². The van der Waals surface area contributed by atoms with Crippen LogP contribution < -0.4 is 5.32 Å². The molecule has 3 nitrogen and oxygen atoms in total. The highest BCUT2D eigenvalue weighted by molar-refractivity contribution is 7.13. The Morgan fingerprint density at radius 1 is 1.32 bits per heavy atom.